The van der Waals surface area contributed by atoms with E-state index in [0.29, 0.717) is 32.8 Å². The van der Waals surface area contributed by atoms with Gasteiger partial charge in [-0.25, -0.2) is 0 Å². The van der Waals surface area contributed by atoms with Gasteiger partial charge in [0.1, 0.15) is 8.24 Å². The molecule has 0 amide bonds. The fourth-order valence-electron chi connectivity index (χ4n) is 2.92. The number of carbonyl (C=O) groups is 1. The van der Waals surface area contributed by atoms with E-state index in [1.165, 1.54) is 0 Å². The summed E-state index contributed by atoms with van der Waals surface area (Å²) in [6.45, 7) is 19.1. The summed E-state index contributed by atoms with van der Waals surface area (Å²) in [5, 5.41) is 0. The molecule has 0 aromatic rings. The van der Waals surface area contributed by atoms with Crippen LogP contribution in [0.1, 0.15) is 47.0 Å². The van der Waals surface area contributed by atoms with Gasteiger partial charge >= 0.3 is 14.8 Å². The molecule has 0 aromatic heterocycles. The Morgan fingerprint density at radius 1 is 0.808 bits per heavy atom. The number of esters is 1. The minimum absolute atomic E-state index is 0.0986. The van der Waals surface area contributed by atoms with Gasteiger partial charge in [0.15, 0.2) is 0 Å². The number of nitrogens with zero attached hydrogens (tertiary/aromatic N) is 1. The van der Waals surface area contributed by atoms with E-state index in [1.807, 2.05) is 27.7 Å². The van der Waals surface area contributed by atoms with Crippen molar-refractivity contribution in [3.05, 3.63) is 0 Å². The minimum Gasteiger partial charge on any atom is -0.466 e. The molecule has 26 heavy (non-hydrogen) atoms. The summed E-state index contributed by atoms with van der Waals surface area (Å²) < 4.78 is 25.4. The van der Waals surface area contributed by atoms with E-state index in [2.05, 4.69) is 24.2 Å². The van der Waals surface area contributed by atoms with Crippen LogP contribution in [0.3, 0.4) is 0 Å². The highest BCUT2D eigenvalue weighted by atomic mass is 28.4. The Labute approximate surface area is 163 Å². The summed E-state index contributed by atoms with van der Waals surface area (Å²) in [5.74, 6) is -0.0986. The smallest absolute Gasteiger partial charge is 0.466 e. The Morgan fingerprint density at radius 3 is 1.73 bits per heavy atom. The van der Waals surface area contributed by atoms with Crippen LogP contribution < -0.4 is 0 Å². The summed E-state index contributed by atoms with van der Waals surface area (Å²) in [4.78, 5) is 11.6. The van der Waals surface area contributed by atoms with Crippen LogP contribution in [0.15, 0.2) is 0 Å². The molecule has 0 aromatic carbocycles. The molecule has 0 radical (unpaired) electrons. The highest BCUT2D eigenvalue weighted by Gasteiger charge is 2.40. The quantitative estimate of drug-likeness (QED) is 0.286. The average Bonchev–Trinajstić information content (AvgIpc) is 2.53. The lowest BCUT2D eigenvalue weighted by Crippen LogP contribution is -2.49. The summed E-state index contributed by atoms with van der Waals surface area (Å²) in [6, 6.07) is 0.835. The molecule has 156 valence electrons. The molecule has 6 nitrogen and oxygen atoms in total. The lowest BCUT2D eigenvalue weighted by Gasteiger charge is -2.35. The molecule has 0 aliphatic carbocycles. The normalized spacial score (nSPS) is 12.6. The highest BCUT2D eigenvalue weighted by molar-refractivity contribution is 6.73. The highest BCUT2D eigenvalue weighted by Crippen LogP contribution is 2.20. The molecule has 0 aliphatic heterocycles. The molecule has 0 atom stereocenters. The van der Waals surface area contributed by atoms with E-state index >= 15 is 0 Å². The maximum absolute atomic E-state index is 11.6. The maximum Gasteiger partial charge on any atom is 0.500 e. The molecule has 0 bridgehead atoms. The van der Waals surface area contributed by atoms with Gasteiger partial charge in [-0.2, -0.15) is 0 Å². The number of carbonyl (C=O) groups excluding carboxylic acids is 1. The van der Waals surface area contributed by atoms with E-state index in [0.717, 1.165) is 32.0 Å². The van der Waals surface area contributed by atoms with E-state index < -0.39 is 17.0 Å². The molecular formula is C18H41NO5Si2. The molecule has 0 spiro atoms. The largest absolute Gasteiger partial charge is 0.500 e. The molecule has 0 N–H and O–H groups in total. The Hall–Kier alpha value is -0.256. The SMILES string of the molecule is CCOC(=O)CCCN(CCC[Si](OCC)(OCC)OCC)[Si](C)(C)C. The zero-order chi connectivity index (χ0) is 20.1. The predicted molar refractivity (Wildman–Crippen MR) is 111 cm³/mol. The van der Waals surface area contributed by atoms with Crippen LogP contribution in [-0.2, 0) is 22.8 Å². The fourth-order valence-corrected chi connectivity index (χ4v) is 7.17. The first kappa shape index (κ1) is 25.7. The van der Waals surface area contributed by atoms with Gasteiger partial charge in [0.2, 0.25) is 0 Å². The van der Waals surface area contributed by atoms with Crippen LogP contribution >= 0.6 is 0 Å². The average molecular weight is 408 g/mol. The second-order valence-corrected chi connectivity index (χ2v) is 14.9. The van der Waals surface area contributed by atoms with Crippen molar-refractivity contribution in [1.29, 1.82) is 0 Å². The van der Waals surface area contributed by atoms with Crippen molar-refractivity contribution in [1.82, 2.24) is 4.57 Å². The minimum atomic E-state index is -2.57. The van der Waals surface area contributed by atoms with Gasteiger partial charge in [0, 0.05) is 32.3 Å². The third-order valence-electron chi connectivity index (χ3n) is 4.07. The third-order valence-corrected chi connectivity index (χ3v) is 9.56. The Morgan fingerprint density at radius 2 is 1.31 bits per heavy atom. The van der Waals surface area contributed by atoms with E-state index in [1.54, 1.807) is 0 Å². The van der Waals surface area contributed by atoms with Gasteiger partial charge in [-0.1, -0.05) is 19.6 Å². The molecule has 0 aliphatic rings. The standard InChI is InChI=1S/C18H41NO5Si2/c1-8-21-18(20)14-12-15-19(25(5,6)7)16-13-17-26(22-9-2,23-10-3)24-11-4/h8-17H2,1-7H3. The first-order valence-corrected chi connectivity index (χ1v) is 15.4. The van der Waals surface area contributed by atoms with Crippen LogP contribution in [0, 0.1) is 0 Å². The molecule has 0 fully saturated rings. The van der Waals surface area contributed by atoms with Crippen molar-refractivity contribution in [2.45, 2.75) is 72.6 Å². The number of hydrogen-bond acceptors (Lipinski definition) is 6. The molecule has 0 saturated carbocycles. The summed E-state index contributed by atoms with van der Waals surface area (Å²) >= 11 is 0. The van der Waals surface area contributed by atoms with E-state index in [-0.39, 0.29) is 5.97 Å². The zero-order valence-corrected chi connectivity index (χ0v) is 20.1. The molecule has 0 unspecified atom stereocenters. The van der Waals surface area contributed by atoms with Gasteiger partial charge in [-0.3, -0.25) is 4.79 Å². The fraction of sp³-hybridized carbons (Fsp3) is 0.944. The van der Waals surface area contributed by atoms with Gasteiger partial charge in [-0.15, -0.1) is 0 Å². The van der Waals surface area contributed by atoms with Crippen LogP contribution in [0.2, 0.25) is 25.7 Å². The molecule has 0 rings (SSSR count). The van der Waals surface area contributed by atoms with Crippen LogP contribution in [0.5, 0.6) is 0 Å². The Balaban J connectivity index is 4.64. The molecular weight excluding hydrogens is 366 g/mol. The molecule has 8 heteroatoms. The topological polar surface area (TPSA) is 57.2 Å². The first-order valence-electron chi connectivity index (χ1n) is 10.1. The summed E-state index contributed by atoms with van der Waals surface area (Å²) in [5.41, 5.74) is 0. The third kappa shape index (κ3) is 10.8. The molecule has 0 heterocycles. The van der Waals surface area contributed by atoms with Crippen molar-refractivity contribution in [3.8, 4) is 0 Å². The molecule has 0 saturated heterocycles. The van der Waals surface area contributed by atoms with Gasteiger partial charge in [0.25, 0.3) is 0 Å². The van der Waals surface area contributed by atoms with Crippen molar-refractivity contribution in [2.75, 3.05) is 39.5 Å². The van der Waals surface area contributed by atoms with E-state index in [4.69, 9.17) is 18.0 Å². The zero-order valence-electron chi connectivity index (χ0n) is 18.1. The van der Waals surface area contributed by atoms with Crippen molar-refractivity contribution >= 4 is 23.0 Å². The van der Waals surface area contributed by atoms with Crippen molar-refractivity contribution < 1.29 is 22.8 Å². The lowest BCUT2D eigenvalue weighted by atomic mass is 10.3. The van der Waals surface area contributed by atoms with Crippen LogP contribution in [-0.4, -0.2) is 67.1 Å². The van der Waals surface area contributed by atoms with Crippen molar-refractivity contribution in [3.63, 3.8) is 0 Å². The van der Waals surface area contributed by atoms with Gasteiger partial charge in [-0.05, 0) is 53.6 Å². The van der Waals surface area contributed by atoms with E-state index in [9.17, 15) is 4.79 Å². The lowest BCUT2D eigenvalue weighted by molar-refractivity contribution is -0.143. The second kappa shape index (κ2) is 13.8. The van der Waals surface area contributed by atoms with Crippen LogP contribution in [0.4, 0.5) is 0 Å². The second-order valence-electron chi connectivity index (χ2n) is 7.15. The first-order chi connectivity index (χ1) is 12.2. The Bertz CT molecular complexity index is 360. The monoisotopic (exact) mass is 407 g/mol. The van der Waals surface area contributed by atoms with Crippen molar-refractivity contribution in [2.24, 2.45) is 0 Å². The summed E-state index contributed by atoms with van der Waals surface area (Å²) in [7, 11) is -4.02. The number of hydrogen-bond donors (Lipinski definition) is 0. The van der Waals surface area contributed by atoms with Gasteiger partial charge < -0.3 is 22.6 Å². The predicted octanol–water partition coefficient (Wildman–Crippen LogP) is 3.91. The van der Waals surface area contributed by atoms with Crippen LogP contribution in [0.25, 0.3) is 0 Å². The number of ether oxygens (including phenoxy) is 1. The maximum atomic E-state index is 11.6. The number of rotatable bonds is 16. The van der Waals surface area contributed by atoms with Gasteiger partial charge in [0.05, 0.1) is 6.61 Å². The summed E-state index contributed by atoms with van der Waals surface area (Å²) in [6.07, 6.45) is 2.31. The Kier molecular flexibility index (Phi) is 13.7.